The van der Waals surface area contributed by atoms with Crippen LogP contribution >= 0.6 is 0 Å². The molecule has 4 nitrogen and oxygen atoms in total. The molecule has 0 aromatic rings. The molecule has 0 saturated heterocycles. The summed E-state index contributed by atoms with van der Waals surface area (Å²) in [6, 6.07) is 0. The van der Waals surface area contributed by atoms with Crippen molar-refractivity contribution >= 4 is 11.9 Å². The summed E-state index contributed by atoms with van der Waals surface area (Å²) in [6.45, 7) is 4.45. The van der Waals surface area contributed by atoms with Gasteiger partial charge in [0.15, 0.2) is 0 Å². The number of carboxylic acids is 2. The van der Waals surface area contributed by atoms with Crippen molar-refractivity contribution in [3.05, 3.63) is 12.2 Å². The molecule has 0 aliphatic heterocycles. The van der Waals surface area contributed by atoms with Crippen LogP contribution in [0.2, 0.25) is 0 Å². The summed E-state index contributed by atoms with van der Waals surface area (Å²) in [5.41, 5.74) is 0. The first kappa shape index (κ1) is 32.9. The van der Waals surface area contributed by atoms with Crippen LogP contribution in [0.25, 0.3) is 0 Å². The second-order valence-corrected chi connectivity index (χ2v) is 9.04. The van der Waals surface area contributed by atoms with Gasteiger partial charge in [-0.25, -0.2) is 4.79 Å². The largest absolute Gasteiger partial charge is 0.481 e. The third-order valence-electron chi connectivity index (χ3n) is 5.73. The number of hydrogen-bond donors (Lipinski definition) is 2. The molecule has 0 saturated carbocycles. The fraction of sp³-hybridized carbons (Fsp3) is 0.857. The summed E-state index contributed by atoms with van der Waals surface area (Å²) in [7, 11) is 0. The Bertz CT molecular complexity index is 418. The molecule has 0 unspecified atom stereocenters. The van der Waals surface area contributed by atoms with Crippen molar-refractivity contribution in [3.63, 3.8) is 0 Å². The number of carboxylic acid groups (broad SMARTS) is 2. The maximum absolute atomic E-state index is 10.3. The van der Waals surface area contributed by atoms with E-state index in [4.69, 9.17) is 10.2 Å². The molecule has 0 atom stereocenters. The van der Waals surface area contributed by atoms with E-state index in [1.807, 2.05) is 0 Å². The summed E-state index contributed by atoms with van der Waals surface area (Å²) in [5, 5.41) is 16.8. The fourth-order valence-corrected chi connectivity index (χ4v) is 3.70. The topological polar surface area (TPSA) is 74.6 Å². The summed E-state index contributed by atoms with van der Waals surface area (Å²) in [5.74, 6) is -1.50. The zero-order valence-corrected chi connectivity index (χ0v) is 21.4. The Morgan fingerprint density at radius 1 is 0.531 bits per heavy atom. The van der Waals surface area contributed by atoms with Crippen LogP contribution in [0.15, 0.2) is 12.2 Å². The summed E-state index contributed by atoms with van der Waals surface area (Å²) < 4.78 is 0. The summed E-state index contributed by atoms with van der Waals surface area (Å²) in [4.78, 5) is 20.4. The van der Waals surface area contributed by atoms with Gasteiger partial charge < -0.3 is 10.2 Å². The number of aliphatic carboxylic acids is 2. The number of rotatable bonds is 23. The van der Waals surface area contributed by atoms with Crippen molar-refractivity contribution in [1.82, 2.24) is 0 Å². The van der Waals surface area contributed by atoms with Crippen LogP contribution in [0.1, 0.15) is 155 Å². The first-order valence-corrected chi connectivity index (χ1v) is 13.7. The van der Waals surface area contributed by atoms with Crippen LogP contribution in [-0.2, 0) is 9.59 Å². The zero-order valence-electron chi connectivity index (χ0n) is 21.4. The van der Waals surface area contributed by atoms with Crippen molar-refractivity contribution in [1.29, 1.82) is 0 Å². The molecule has 0 fully saturated rings. The molecule has 32 heavy (non-hydrogen) atoms. The van der Waals surface area contributed by atoms with Gasteiger partial charge in [-0.1, -0.05) is 135 Å². The second-order valence-electron chi connectivity index (χ2n) is 9.04. The average molecular weight is 455 g/mol. The molecule has 0 radical (unpaired) electrons. The van der Waals surface area contributed by atoms with Crippen molar-refractivity contribution in [3.8, 4) is 0 Å². The van der Waals surface area contributed by atoms with Crippen LogP contribution < -0.4 is 0 Å². The van der Waals surface area contributed by atoms with Gasteiger partial charge in [0.2, 0.25) is 0 Å². The quantitative estimate of drug-likeness (QED) is 0.119. The predicted octanol–water partition coefficient (Wildman–Crippen LogP) is 9.32. The van der Waals surface area contributed by atoms with Crippen LogP contribution in [0.5, 0.6) is 0 Å². The highest BCUT2D eigenvalue weighted by Gasteiger charge is 1.97. The molecule has 0 aromatic heterocycles. The SMILES string of the molecule is CCCCCCCC=CC(=O)O.CCCCCCCCCCCCCCCCCC(=O)O. The highest BCUT2D eigenvalue weighted by Crippen LogP contribution is 2.13. The first-order valence-electron chi connectivity index (χ1n) is 13.7. The lowest BCUT2D eigenvalue weighted by molar-refractivity contribution is -0.137. The minimum atomic E-state index is -0.844. The van der Waals surface area contributed by atoms with Crippen molar-refractivity contribution in [2.45, 2.75) is 155 Å². The van der Waals surface area contributed by atoms with Gasteiger partial charge in [-0.15, -0.1) is 0 Å². The Morgan fingerprint density at radius 2 is 0.875 bits per heavy atom. The van der Waals surface area contributed by atoms with Gasteiger partial charge in [0.25, 0.3) is 0 Å². The standard InChI is InChI=1S/C18H36O2.C10H18O2/c1-2-3-4-5-6-7-8-9-10-11-12-13-14-15-16-17-18(19)20;1-2-3-4-5-6-7-8-9-10(11)12/h2-17H2,1H3,(H,19,20);8-9H,2-7H2,1H3,(H,11,12). The van der Waals surface area contributed by atoms with Gasteiger partial charge in [0.05, 0.1) is 0 Å². The van der Waals surface area contributed by atoms with Crippen LogP contribution in [0, 0.1) is 0 Å². The van der Waals surface area contributed by atoms with E-state index in [1.54, 1.807) is 6.08 Å². The van der Waals surface area contributed by atoms with Gasteiger partial charge in [-0.3, -0.25) is 4.79 Å². The Hall–Kier alpha value is -1.32. The minimum Gasteiger partial charge on any atom is -0.481 e. The highest BCUT2D eigenvalue weighted by atomic mass is 16.4. The molecular weight excluding hydrogens is 400 g/mol. The van der Waals surface area contributed by atoms with Gasteiger partial charge in [-0.05, 0) is 19.3 Å². The van der Waals surface area contributed by atoms with Crippen molar-refractivity contribution < 1.29 is 19.8 Å². The fourth-order valence-electron chi connectivity index (χ4n) is 3.70. The number of unbranched alkanes of at least 4 members (excludes halogenated alkanes) is 19. The van der Waals surface area contributed by atoms with E-state index < -0.39 is 11.9 Å². The molecular formula is C28H54O4. The highest BCUT2D eigenvalue weighted by molar-refractivity contribution is 5.79. The molecule has 0 heterocycles. The Labute approximate surface area is 199 Å². The lowest BCUT2D eigenvalue weighted by atomic mass is 10.0. The first-order chi connectivity index (χ1) is 15.5. The van der Waals surface area contributed by atoms with E-state index in [1.165, 1.54) is 115 Å². The second kappa shape index (κ2) is 29.7. The zero-order chi connectivity index (χ0) is 24.1. The van der Waals surface area contributed by atoms with E-state index in [-0.39, 0.29) is 0 Å². The van der Waals surface area contributed by atoms with E-state index in [0.717, 1.165) is 25.7 Å². The molecule has 0 aliphatic rings. The van der Waals surface area contributed by atoms with E-state index in [2.05, 4.69) is 13.8 Å². The van der Waals surface area contributed by atoms with E-state index in [9.17, 15) is 9.59 Å². The van der Waals surface area contributed by atoms with E-state index in [0.29, 0.717) is 6.42 Å². The normalized spacial score (nSPS) is 10.8. The van der Waals surface area contributed by atoms with Gasteiger partial charge in [0, 0.05) is 12.5 Å². The molecule has 0 aliphatic carbocycles. The molecule has 0 bridgehead atoms. The number of hydrogen-bond acceptors (Lipinski definition) is 2. The number of carbonyl (C=O) groups is 2. The van der Waals surface area contributed by atoms with E-state index >= 15 is 0 Å². The molecule has 0 spiro atoms. The smallest absolute Gasteiger partial charge is 0.327 e. The Morgan fingerprint density at radius 3 is 1.22 bits per heavy atom. The lowest BCUT2D eigenvalue weighted by Crippen LogP contribution is -1.93. The van der Waals surface area contributed by atoms with Crippen molar-refractivity contribution in [2.75, 3.05) is 0 Å². The third-order valence-corrected chi connectivity index (χ3v) is 5.73. The lowest BCUT2D eigenvalue weighted by Gasteiger charge is -2.03. The Kier molecular flexibility index (Phi) is 30.5. The average Bonchev–Trinajstić information content (AvgIpc) is 2.76. The summed E-state index contributed by atoms with van der Waals surface area (Å²) >= 11 is 0. The maximum atomic E-state index is 10.3. The Balaban J connectivity index is 0. The molecule has 2 N–H and O–H groups in total. The van der Waals surface area contributed by atoms with Gasteiger partial charge in [-0.2, -0.15) is 0 Å². The maximum Gasteiger partial charge on any atom is 0.327 e. The van der Waals surface area contributed by atoms with Crippen molar-refractivity contribution in [2.24, 2.45) is 0 Å². The molecule has 190 valence electrons. The molecule has 4 heteroatoms. The number of allylic oxidation sites excluding steroid dienone is 1. The molecule has 0 amide bonds. The molecule has 0 aromatic carbocycles. The molecule has 0 rings (SSSR count). The predicted molar refractivity (Wildman–Crippen MR) is 137 cm³/mol. The van der Waals surface area contributed by atoms with Crippen LogP contribution in [0.4, 0.5) is 0 Å². The summed E-state index contributed by atoms with van der Waals surface area (Å²) in [6.07, 6.45) is 30.2. The van der Waals surface area contributed by atoms with Gasteiger partial charge in [0.1, 0.15) is 0 Å². The minimum absolute atomic E-state index is 0.345. The van der Waals surface area contributed by atoms with Crippen LogP contribution in [0.3, 0.4) is 0 Å². The monoisotopic (exact) mass is 454 g/mol. The van der Waals surface area contributed by atoms with Gasteiger partial charge >= 0.3 is 11.9 Å². The third kappa shape index (κ3) is 36.1. The van der Waals surface area contributed by atoms with Crippen LogP contribution in [-0.4, -0.2) is 22.2 Å².